The summed E-state index contributed by atoms with van der Waals surface area (Å²) in [4.78, 5) is 13.0. The summed E-state index contributed by atoms with van der Waals surface area (Å²) in [5.74, 6) is 0.126. The first kappa shape index (κ1) is 18.3. The molecule has 0 saturated heterocycles. The number of benzene rings is 2. The number of rotatable bonds is 2. The molecule has 1 aromatic heterocycles. The molecule has 1 aliphatic carbocycles. The molecule has 0 saturated carbocycles. The average molecular weight is 399 g/mol. The molecule has 0 fully saturated rings. The van der Waals surface area contributed by atoms with E-state index in [1.165, 1.54) is 5.56 Å². The zero-order valence-electron chi connectivity index (χ0n) is 15.5. The second kappa shape index (κ2) is 6.50. The zero-order chi connectivity index (χ0) is 19.3. The Hall–Kier alpha value is -2.10. The summed E-state index contributed by atoms with van der Waals surface area (Å²) >= 11 is 12.4. The van der Waals surface area contributed by atoms with Crippen molar-refractivity contribution in [1.29, 1.82) is 0 Å². The van der Waals surface area contributed by atoms with Crippen molar-refractivity contribution >= 4 is 29.0 Å². The number of aromatic nitrogens is 2. The van der Waals surface area contributed by atoms with E-state index in [9.17, 15) is 4.79 Å². The molecule has 0 N–H and O–H groups in total. The lowest BCUT2D eigenvalue weighted by Crippen LogP contribution is -2.26. The van der Waals surface area contributed by atoms with E-state index in [0.29, 0.717) is 22.0 Å². The predicted molar refractivity (Wildman–Crippen MR) is 110 cm³/mol. The predicted octanol–water partition coefficient (Wildman–Crippen LogP) is 6.31. The van der Waals surface area contributed by atoms with Gasteiger partial charge >= 0.3 is 0 Å². The largest absolute Gasteiger partial charge is 0.294 e. The van der Waals surface area contributed by atoms with Gasteiger partial charge in [0.2, 0.25) is 0 Å². The summed E-state index contributed by atoms with van der Waals surface area (Å²) in [6, 6.07) is 13.6. The van der Waals surface area contributed by atoms with Gasteiger partial charge in [0, 0.05) is 12.0 Å². The number of nitrogens with zero attached hydrogens (tertiary/aromatic N) is 2. The average Bonchev–Trinajstić information content (AvgIpc) is 2.96. The van der Waals surface area contributed by atoms with Crippen molar-refractivity contribution in [1.82, 2.24) is 9.78 Å². The summed E-state index contributed by atoms with van der Waals surface area (Å²) in [5, 5.41) is 5.80. The molecule has 0 spiro atoms. The minimum atomic E-state index is -0.0918. The molecule has 5 heteroatoms. The first-order valence-corrected chi connectivity index (χ1v) is 9.68. The third-order valence-electron chi connectivity index (χ3n) is 4.99. The molecule has 1 aliphatic rings. The van der Waals surface area contributed by atoms with Crippen molar-refractivity contribution in [2.75, 3.05) is 0 Å². The van der Waals surface area contributed by atoms with E-state index >= 15 is 0 Å². The van der Waals surface area contributed by atoms with Crippen LogP contribution in [0.2, 0.25) is 10.0 Å². The van der Waals surface area contributed by atoms with Crippen molar-refractivity contribution < 1.29 is 4.79 Å². The molecule has 0 radical (unpaired) electrons. The van der Waals surface area contributed by atoms with E-state index in [4.69, 9.17) is 28.3 Å². The maximum absolute atomic E-state index is 13.0. The number of carbonyl (C=O) groups is 1. The van der Waals surface area contributed by atoms with Gasteiger partial charge in [-0.1, -0.05) is 60.8 Å². The smallest absolute Gasteiger partial charge is 0.167 e. The van der Waals surface area contributed by atoms with Crippen molar-refractivity contribution in [3.05, 3.63) is 69.3 Å². The maximum atomic E-state index is 13.0. The minimum absolute atomic E-state index is 0.0918. The Bertz CT molecular complexity index is 1050. The van der Waals surface area contributed by atoms with Crippen molar-refractivity contribution in [2.45, 2.75) is 33.6 Å². The summed E-state index contributed by atoms with van der Waals surface area (Å²) in [6.45, 7) is 6.26. The van der Waals surface area contributed by atoms with Crippen LogP contribution in [0.1, 0.15) is 41.9 Å². The molecule has 0 aliphatic heterocycles. The van der Waals surface area contributed by atoms with Crippen LogP contribution in [0.15, 0.2) is 42.5 Å². The number of fused-ring (bicyclic) bond motifs is 1. The molecule has 3 aromatic rings. The minimum Gasteiger partial charge on any atom is -0.294 e. The van der Waals surface area contributed by atoms with Gasteiger partial charge in [0.1, 0.15) is 0 Å². The van der Waals surface area contributed by atoms with Gasteiger partial charge < -0.3 is 0 Å². The standard InChI is InChI=1S/C22H20Cl2N2O/c1-13-4-7-15(8-5-13)26-21(14-6-9-16(23)17(24)10-14)20-18(25-26)11-22(2,3)12-19(20)27/h4-10H,11-12H2,1-3H3. The fraction of sp³-hybridized carbons (Fsp3) is 0.273. The van der Waals surface area contributed by atoms with E-state index in [-0.39, 0.29) is 11.2 Å². The molecule has 3 nitrogen and oxygen atoms in total. The number of aryl methyl sites for hydroxylation is 1. The number of carbonyl (C=O) groups excluding carboxylic acids is 1. The Morgan fingerprint density at radius 2 is 1.70 bits per heavy atom. The highest BCUT2D eigenvalue weighted by atomic mass is 35.5. The Morgan fingerprint density at radius 1 is 1.00 bits per heavy atom. The lowest BCUT2D eigenvalue weighted by atomic mass is 9.75. The van der Waals surface area contributed by atoms with E-state index in [1.54, 1.807) is 12.1 Å². The van der Waals surface area contributed by atoms with Crippen LogP contribution in [0, 0.1) is 12.3 Å². The number of halogens is 2. The SMILES string of the molecule is Cc1ccc(-n2nc3c(c2-c2ccc(Cl)c(Cl)c2)C(=O)CC(C)(C)C3)cc1. The molecule has 2 aromatic carbocycles. The summed E-state index contributed by atoms with van der Waals surface area (Å²) in [7, 11) is 0. The van der Waals surface area contributed by atoms with Crippen molar-refractivity contribution in [2.24, 2.45) is 5.41 Å². The van der Waals surface area contributed by atoms with Gasteiger partial charge in [-0.15, -0.1) is 0 Å². The second-order valence-electron chi connectivity index (χ2n) is 7.99. The molecule has 27 heavy (non-hydrogen) atoms. The van der Waals surface area contributed by atoms with Gasteiger partial charge in [-0.2, -0.15) is 5.10 Å². The lowest BCUT2D eigenvalue weighted by molar-refractivity contribution is 0.0912. The molecule has 138 valence electrons. The van der Waals surface area contributed by atoms with E-state index < -0.39 is 0 Å². The van der Waals surface area contributed by atoms with Crippen LogP contribution in [-0.4, -0.2) is 15.6 Å². The van der Waals surface area contributed by atoms with Gasteiger partial charge in [0.05, 0.1) is 32.7 Å². The highest BCUT2D eigenvalue weighted by Crippen LogP contribution is 2.41. The van der Waals surface area contributed by atoms with Gasteiger partial charge in [0.25, 0.3) is 0 Å². The molecule has 0 amide bonds. The Balaban J connectivity index is 1.99. The summed E-state index contributed by atoms with van der Waals surface area (Å²) in [6.07, 6.45) is 1.27. The van der Waals surface area contributed by atoms with Crippen LogP contribution in [0.25, 0.3) is 16.9 Å². The molecule has 0 unspecified atom stereocenters. The third-order valence-corrected chi connectivity index (χ3v) is 5.73. The Morgan fingerprint density at radius 3 is 2.37 bits per heavy atom. The molecule has 1 heterocycles. The maximum Gasteiger partial charge on any atom is 0.167 e. The van der Waals surface area contributed by atoms with Crippen molar-refractivity contribution in [3.63, 3.8) is 0 Å². The van der Waals surface area contributed by atoms with Crippen LogP contribution in [0.3, 0.4) is 0 Å². The second-order valence-corrected chi connectivity index (χ2v) is 8.80. The molecular formula is C22H20Cl2N2O. The monoisotopic (exact) mass is 398 g/mol. The van der Waals surface area contributed by atoms with E-state index in [0.717, 1.165) is 29.1 Å². The van der Waals surface area contributed by atoms with Crippen LogP contribution in [-0.2, 0) is 6.42 Å². The van der Waals surface area contributed by atoms with Crippen LogP contribution in [0.5, 0.6) is 0 Å². The van der Waals surface area contributed by atoms with Crippen molar-refractivity contribution in [3.8, 4) is 16.9 Å². The van der Waals surface area contributed by atoms with Crippen LogP contribution in [0.4, 0.5) is 0 Å². The fourth-order valence-electron chi connectivity index (χ4n) is 3.70. The number of ketones is 1. The van der Waals surface area contributed by atoms with Gasteiger partial charge in [0.15, 0.2) is 5.78 Å². The fourth-order valence-corrected chi connectivity index (χ4v) is 4.00. The normalized spacial score (nSPS) is 15.7. The van der Waals surface area contributed by atoms with Crippen LogP contribution >= 0.6 is 23.2 Å². The summed E-state index contributed by atoms with van der Waals surface area (Å²) in [5.41, 5.74) is 5.17. The van der Waals surface area contributed by atoms with E-state index in [2.05, 4.69) is 13.8 Å². The summed E-state index contributed by atoms with van der Waals surface area (Å²) < 4.78 is 1.86. The first-order valence-electron chi connectivity index (χ1n) is 8.93. The molecule has 0 atom stereocenters. The topological polar surface area (TPSA) is 34.9 Å². The van der Waals surface area contributed by atoms with E-state index in [1.807, 2.05) is 41.9 Å². The van der Waals surface area contributed by atoms with Gasteiger partial charge in [-0.05, 0) is 43.0 Å². The molecular weight excluding hydrogens is 379 g/mol. The highest BCUT2D eigenvalue weighted by molar-refractivity contribution is 6.42. The quantitative estimate of drug-likeness (QED) is 0.506. The highest BCUT2D eigenvalue weighted by Gasteiger charge is 2.36. The third kappa shape index (κ3) is 3.30. The first-order chi connectivity index (χ1) is 12.7. The Kier molecular flexibility index (Phi) is 4.40. The zero-order valence-corrected chi connectivity index (χ0v) is 17.0. The molecule has 0 bridgehead atoms. The lowest BCUT2D eigenvalue weighted by Gasteiger charge is -2.27. The number of Topliss-reactive ketones (excluding diaryl/α,β-unsaturated/α-hetero) is 1. The molecule has 4 rings (SSSR count). The van der Waals surface area contributed by atoms with Gasteiger partial charge in [-0.25, -0.2) is 4.68 Å². The Labute approximate surface area is 168 Å². The number of hydrogen-bond donors (Lipinski definition) is 0. The van der Waals surface area contributed by atoms with Gasteiger partial charge in [-0.3, -0.25) is 4.79 Å². The van der Waals surface area contributed by atoms with Crippen LogP contribution < -0.4 is 0 Å². The number of hydrogen-bond acceptors (Lipinski definition) is 2.